The van der Waals surface area contributed by atoms with E-state index in [9.17, 15) is 8.42 Å². The minimum atomic E-state index is -3.75. The zero-order valence-corrected chi connectivity index (χ0v) is 15.2. The lowest BCUT2D eigenvalue weighted by Gasteiger charge is -2.07. The summed E-state index contributed by atoms with van der Waals surface area (Å²) in [7, 11) is -3.75. The Bertz CT molecular complexity index is 1120. The van der Waals surface area contributed by atoms with Crippen molar-refractivity contribution in [1.82, 2.24) is 3.97 Å². The molecule has 0 amide bonds. The number of fused-ring (bicyclic) bond motifs is 1. The van der Waals surface area contributed by atoms with Gasteiger partial charge in [0, 0.05) is 17.1 Å². The molecule has 7 nitrogen and oxygen atoms in total. The Balaban J connectivity index is 2.23. The summed E-state index contributed by atoms with van der Waals surface area (Å²) >= 11 is 0. The molecule has 1 aromatic heterocycles. The van der Waals surface area contributed by atoms with Gasteiger partial charge in [0.1, 0.15) is 0 Å². The third-order valence-corrected chi connectivity index (χ3v) is 5.65. The summed E-state index contributed by atoms with van der Waals surface area (Å²) in [5.41, 5.74) is 13.3. The van der Waals surface area contributed by atoms with Crippen LogP contribution in [0.25, 0.3) is 10.9 Å². The Kier molecular flexibility index (Phi) is 4.52. The summed E-state index contributed by atoms with van der Waals surface area (Å²) in [5.74, 6) is -0.166. The first-order valence-corrected chi connectivity index (χ1v) is 9.30. The molecule has 1 heterocycles. The smallest absolute Gasteiger partial charge is 0.268 e. The highest BCUT2D eigenvalue weighted by Crippen LogP contribution is 2.26. The van der Waals surface area contributed by atoms with Crippen LogP contribution in [0.4, 0.5) is 0 Å². The number of hydrogen-bond acceptors (Lipinski definition) is 4. The largest absolute Gasteiger partial charge is 0.369 e. The van der Waals surface area contributed by atoms with Crippen LogP contribution < -0.4 is 11.5 Å². The molecule has 0 aliphatic heterocycles. The lowest BCUT2D eigenvalue weighted by atomic mass is 10.1. The predicted molar refractivity (Wildman–Crippen MR) is 104 cm³/mol. The van der Waals surface area contributed by atoms with Gasteiger partial charge in [0.2, 0.25) is 5.96 Å². The number of hydrogen-bond donors (Lipinski definition) is 2. The van der Waals surface area contributed by atoms with Crippen LogP contribution in [0.5, 0.6) is 0 Å². The lowest BCUT2D eigenvalue weighted by molar-refractivity contribution is 0.589. The van der Waals surface area contributed by atoms with E-state index in [0.717, 1.165) is 10.9 Å². The van der Waals surface area contributed by atoms with Crippen molar-refractivity contribution in [3.8, 4) is 0 Å². The average Bonchev–Trinajstić information content (AvgIpc) is 3.00. The number of guanidine groups is 1. The second-order valence-corrected chi connectivity index (χ2v) is 7.70. The molecule has 134 valence electrons. The Morgan fingerprint density at radius 3 is 2.31 bits per heavy atom. The maximum absolute atomic E-state index is 13.1. The number of nitrogens with two attached hydrogens (primary N) is 2. The first-order valence-electron chi connectivity index (χ1n) is 7.86. The van der Waals surface area contributed by atoms with E-state index < -0.39 is 10.0 Å². The molecule has 0 aliphatic rings. The summed E-state index contributed by atoms with van der Waals surface area (Å²) in [6.07, 6.45) is 1.54. The van der Waals surface area contributed by atoms with Crippen molar-refractivity contribution in [3.05, 3.63) is 65.9 Å². The van der Waals surface area contributed by atoms with E-state index in [-0.39, 0.29) is 10.9 Å². The quantitative estimate of drug-likeness (QED) is 0.416. The van der Waals surface area contributed by atoms with Gasteiger partial charge in [0.05, 0.1) is 16.1 Å². The molecule has 4 N–H and O–H groups in total. The molecule has 0 aliphatic carbocycles. The van der Waals surface area contributed by atoms with Crippen molar-refractivity contribution in [2.24, 2.45) is 21.7 Å². The van der Waals surface area contributed by atoms with Gasteiger partial charge in [-0.1, -0.05) is 35.9 Å². The van der Waals surface area contributed by atoms with Gasteiger partial charge in [-0.2, -0.15) is 5.10 Å². The van der Waals surface area contributed by atoms with E-state index in [1.54, 1.807) is 49.5 Å². The van der Waals surface area contributed by atoms with E-state index >= 15 is 0 Å². The van der Waals surface area contributed by atoms with Gasteiger partial charge >= 0.3 is 0 Å². The van der Waals surface area contributed by atoms with Gasteiger partial charge < -0.3 is 11.5 Å². The molecule has 0 fully saturated rings. The Labute approximate surface area is 151 Å². The fourth-order valence-corrected chi connectivity index (χ4v) is 4.02. The van der Waals surface area contributed by atoms with Crippen molar-refractivity contribution in [1.29, 1.82) is 0 Å². The summed E-state index contributed by atoms with van der Waals surface area (Å²) < 4.78 is 27.5. The Morgan fingerprint density at radius 1 is 1.00 bits per heavy atom. The van der Waals surface area contributed by atoms with E-state index in [4.69, 9.17) is 11.5 Å². The standard InChI is InChI=1S/C18H19N5O2S/c1-12-7-9-14(10-8-12)26(24,25)23-11-16(13(2)21-22-18(19)20)15-5-3-4-6-17(15)23/h3-11H,1-2H3,(H4,19,20,22)/b21-13+. The van der Waals surface area contributed by atoms with Crippen molar-refractivity contribution < 1.29 is 8.42 Å². The zero-order valence-electron chi connectivity index (χ0n) is 14.4. The molecule has 3 rings (SSSR count). The fourth-order valence-electron chi connectivity index (χ4n) is 2.65. The van der Waals surface area contributed by atoms with E-state index in [1.807, 2.05) is 19.1 Å². The molecule has 2 aromatic carbocycles. The van der Waals surface area contributed by atoms with Crippen LogP contribution in [0.15, 0.2) is 69.8 Å². The second-order valence-electron chi connectivity index (χ2n) is 5.88. The molecule has 3 aromatic rings. The van der Waals surface area contributed by atoms with Gasteiger partial charge in [-0.05, 0) is 32.0 Å². The van der Waals surface area contributed by atoms with Crippen molar-refractivity contribution in [2.45, 2.75) is 18.7 Å². The molecule has 26 heavy (non-hydrogen) atoms. The van der Waals surface area contributed by atoms with Crippen molar-refractivity contribution in [3.63, 3.8) is 0 Å². The zero-order chi connectivity index (χ0) is 18.9. The summed E-state index contributed by atoms with van der Waals surface area (Å²) in [5, 5.41) is 8.36. The monoisotopic (exact) mass is 369 g/mol. The number of para-hydroxylation sites is 1. The first-order chi connectivity index (χ1) is 12.3. The predicted octanol–water partition coefficient (Wildman–Crippen LogP) is 2.18. The Morgan fingerprint density at radius 2 is 1.65 bits per heavy atom. The van der Waals surface area contributed by atoms with Crippen LogP contribution in [0.2, 0.25) is 0 Å². The molecule has 0 bridgehead atoms. The second kappa shape index (κ2) is 6.64. The molecule has 0 saturated heterocycles. The maximum Gasteiger partial charge on any atom is 0.268 e. The lowest BCUT2D eigenvalue weighted by Crippen LogP contribution is -2.22. The topological polar surface area (TPSA) is 116 Å². The van der Waals surface area contributed by atoms with E-state index in [0.29, 0.717) is 16.8 Å². The molecule has 8 heteroatoms. The molecular formula is C18H19N5O2S. The minimum absolute atomic E-state index is 0.166. The number of nitrogens with zero attached hydrogens (tertiary/aromatic N) is 3. The van der Waals surface area contributed by atoms with Crippen molar-refractivity contribution in [2.75, 3.05) is 0 Å². The maximum atomic E-state index is 13.1. The molecule has 0 unspecified atom stereocenters. The molecule has 0 spiro atoms. The van der Waals surface area contributed by atoms with Gasteiger partial charge in [0.15, 0.2) is 0 Å². The molecule has 0 atom stereocenters. The highest BCUT2D eigenvalue weighted by Gasteiger charge is 2.21. The normalized spacial score (nSPS) is 12.3. The van der Waals surface area contributed by atoms with Gasteiger partial charge in [-0.25, -0.2) is 12.4 Å². The summed E-state index contributed by atoms with van der Waals surface area (Å²) in [4.78, 5) is 0.217. The van der Waals surface area contributed by atoms with Gasteiger partial charge in [-0.3, -0.25) is 0 Å². The highest BCUT2D eigenvalue weighted by atomic mass is 32.2. The molecular weight excluding hydrogens is 350 g/mol. The van der Waals surface area contributed by atoms with Gasteiger partial charge in [-0.15, -0.1) is 5.10 Å². The summed E-state index contributed by atoms with van der Waals surface area (Å²) in [6, 6.07) is 13.9. The Hall–Kier alpha value is -3.13. The van der Waals surface area contributed by atoms with E-state index in [2.05, 4.69) is 10.2 Å². The van der Waals surface area contributed by atoms with Crippen LogP contribution in [0, 0.1) is 6.92 Å². The number of aromatic nitrogens is 1. The van der Waals surface area contributed by atoms with Crippen LogP contribution in [-0.2, 0) is 10.0 Å². The molecule has 0 radical (unpaired) electrons. The average molecular weight is 369 g/mol. The van der Waals surface area contributed by atoms with Crippen molar-refractivity contribution >= 4 is 32.6 Å². The van der Waals surface area contributed by atoms with Crippen LogP contribution in [0.1, 0.15) is 18.1 Å². The summed E-state index contributed by atoms with van der Waals surface area (Å²) in [6.45, 7) is 3.63. The number of rotatable bonds is 4. The number of benzene rings is 2. The SMILES string of the molecule is C/C(=N\N=C(N)N)c1cn(S(=O)(=O)c2ccc(C)cc2)c2ccccc12. The minimum Gasteiger partial charge on any atom is -0.369 e. The van der Waals surface area contributed by atoms with Crippen LogP contribution in [0.3, 0.4) is 0 Å². The van der Waals surface area contributed by atoms with Crippen LogP contribution >= 0.6 is 0 Å². The number of aryl methyl sites for hydroxylation is 1. The van der Waals surface area contributed by atoms with E-state index in [1.165, 1.54) is 3.97 Å². The third kappa shape index (κ3) is 3.18. The van der Waals surface area contributed by atoms with Gasteiger partial charge in [0.25, 0.3) is 10.0 Å². The fraction of sp³-hybridized carbons (Fsp3) is 0.111. The first kappa shape index (κ1) is 17.7. The highest BCUT2D eigenvalue weighted by molar-refractivity contribution is 7.90. The third-order valence-electron chi connectivity index (χ3n) is 3.96. The molecule has 0 saturated carbocycles. The van der Waals surface area contributed by atoms with Crippen LogP contribution in [-0.4, -0.2) is 24.1 Å².